The maximum atomic E-state index is 14.0. The molecule has 4 rings (SSSR count). The highest BCUT2D eigenvalue weighted by Gasteiger charge is 2.27. The van der Waals surface area contributed by atoms with E-state index in [0.29, 0.717) is 25.6 Å². The molecule has 30 heavy (non-hydrogen) atoms. The highest BCUT2D eigenvalue weighted by atomic mass is 19.1. The maximum absolute atomic E-state index is 14.0. The van der Waals surface area contributed by atoms with Crippen molar-refractivity contribution in [2.24, 2.45) is 4.99 Å². The second-order valence-electron chi connectivity index (χ2n) is 7.79. The molecule has 0 radical (unpaired) electrons. The molecular formula is C22H28F2N6. The monoisotopic (exact) mass is 414 g/mol. The van der Waals surface area contributed by atoms with Crippen LogP contribution >= 0.6 is 0 Å². The molecule has 2 aliphatic rings. The van der Waals surface area contributed by atoms with Crippen molar-refractivity contribution in [3.05, 3.63) is 53.7 Å². The van der Waals surface area contributed by atoms with E-state index >= 15 is 0 Å². The van der Waals surface area contributed by atoms with Gasteiger partial charge in [0.25, 0.3) is 0 Å². The molecule has 6 nitrogen and oxygen atoms in total. The van der Waals surface area contributed by atoms with Crippen molar-refractivity contribution in [3.63, 3.8) is 0 Å². The first-order chi connectivity index (χ1) is 14.6. The van der Waals surface area contributed by atoms with Gasteiger partial charge in [-0.2, -0.15) is 0 Å². The SMILES string of the molecule is CN=C(NCc1ccc(N2CCCC2)nc1)NC1CCN(c2c(F)cccc2F)C1. The summed E-state index contributed by atoms with van der Waals surface area (Å²) in [7, 11) is 1.72. The summed E-state index contributed by atoms with van der Waals surface area (Å²) in [6, 6.07) is 8.19. The van der Waals surface area contributed by atoms with Crippen LogP contribution in [0.5, 0.6) is 0 Å². The van der Waals surface area contributed by atoms with Gasteiger partial charge in [-0.3, -0.25) is 4.99 Å². The van der Waals surface area contributed by atoms with Crippen molar-refractivity contribution in [1.82, 2.24) is 15.6 Å². The molecule has 1 aromatic heterocycles. The molecule has 0 saturated carbocycles. The summed E-state index contributed by atoms with van der Waals surface area (Å²) in [4.78, 5) is 12.9. The van der Waals surface area contributed by atoms with Gasteiger partial charge in [0.05, 0.1) is 0 Å². The summed E-state index contributed by atoms with van der Waals surface area (Å²) in [6.07, 6.45) is 5.14. The fourth-order valence-electron chi connectivity index (χ4n) is 4.10. The lowest BCUT2D eigenvalue weighted by Gasteiger charge is -2.21. The van der Waals surface area contributed by atoms with E-state index in [1.54, 1.807) is 11.9 Å². The summed E-state index contributed by atoms with van der Waals surface area (Å²) < 4.78 is 28.1. The van der Waals surface area contributed by atoms with Gasteiger partial charge < -0.3 is 20.4 Å². The van der Waals surface area contributed by atoms with E-state index in [4.69, 9.17) is 0 Å². The first-order valence-electron chi connectivity index (χ1n) is 10.5. The number of rotatable bonds is 5. The fraction of sp³-hybridized carbons (Fsp3) is 0.455. The molecule has 0 aliphatic carbocycles. The number of nitrogens with zero attached hydrogens (tertiary/aromatic N) is 4. The molecule has 0 amide bonds. The van der Waals surface area contributed by atoms with Crippen LogP contribution in [0.3, 0.4) is 0 Å². The molecular weight excluding hydrogens is 386 g/mol. The number of benzene rings is 1. The molecule has 1 aromatic carbocycles. The predicted molar refractivity (Wildman–Crippen MR) is 116 cm³/mol. The lowest BCUT2D eigenvalue weighted by molar-refractivity contribution is 0.576. The van der Waals surface area contributed by atoms with Crippen LogP contribution in [0.4, 0.5) is 20.3 Å². The Bertz CT molecular complexity index is 859. The minimum atomic E-state index is -0.525. The molecule has 2 fully saturated rings. The smallest absolute Gasteiger partial charge is 0.191 e. The Kier molecular flexibility index (Phi) is 6.30. The van der Waals surface area contributed by atoms with Crippen LogP contribution in [0.15, 0.2) is 41.5 Å². The van der Waals surface area contributed by atoms with Gasteiger partial charge in [0.2, 0.25) is 0 Å². The van der Waals surface area contributed by atoms with Gasteiger partial charge in [-0.25, -0.2) is 13.8 Å². The third kappa shape index (κ3) is 4.63. The van der Waals surface area contributed by atoms with E-state index in [1.807, 2.05) is 6.20 Å². The van der Waals surface area contributed by atoms with Gasteiger partial charge in [-0.15, -0.1) is 0 Å². The van der Waals surface area contributed by atoms with E-state index in [1.165, 1.54) is 31.0 Å². The normalized spacial score (nSPS) is 19.4. The minimum absolute atomic E-state index is 0.0499. The van der Waals surface area contributed by atoms with Crippen LogP contribution in [0, 0.1) is 11.6 Å². The average molecular weight is 415 g/mol. The Hall–Kier alpha value is -2.90. The zero-order valence-corrected chi connectivity index (χ0v) is 17.2. The van der Waals surface area contributed by atoms with Gasteiger partial charge in [0.15, 0.2) is 5.96 Å². The molecule has 2 aromatic rings. The number of aliphatic imine (C=N–C) groups is 1. The number of pyridine rings is 1. The predicted octanol–water partition coefficient (Wildman–Crippen LogP) is 2.90. The number of guanidine groups is 1. The lowest BCUT2D eigenvalue weighted by Crippen LogP contribution is -2.44. The average Bonchev–Trinajstić information content (AvgIpc) is 3.44. The van der Waals surface area contributed by atoms with Crippen molar-refractivity contribution in [3.8, 4) is 0 Å². The molecule has 1 atom stereocenters. The van der Waals surface area contributed by atoms with Gasteiger partial charge >= 0.3 is 0 Å². The number of hydrogen-bond donors (Lipinski definition) is 2. The van der Waals surface area contributed by atoms with Crippen LogP contribution in [0.2, 0.25) is 0 Å². The highest BCUT2D eigenvalue weighted by Crippen LogP contribution is 2.26. The molecule has 1 unspecified atom stereocenters. The molecule has 2 saturated heterocycles. The summed E-state index contributed by atoms with van der Waals surface area (Å²) >= 11 is 0. The Balaban J connectivity index is 1.29. The standard InChI is InChI=1S/C22H28F2N6/c1-25-22(27-14-16-7-8-20(26-13-16)29-10-2-3-11-29)28-17-9-12-30(15-17)21-18(23)5-4-6-19(21)24/h4-8,13,17H,2-3,9-12,14-15H2,1H3,(H2,25,27,28). The fourth-order valence-corrected chi connectivity index (χ4v) is 4.10. The van der Waals surface area contributed by atoms with Gasteiger partial charge in [-0.1, -0.05) is 12.1 Å². The molecule has 8 heteroatoms. The Labute approximate surface area is 176 Å². The second kappa shape index (κ2) is 9.28. The molecule has 0 spiro atoms. The zero-order chi connectivity index (χ0) is 20.9. The van der Waals surface area contributed by atoms with Gasteiger partial charge in [-0.05, 0) is 43.0 Å². The quantitative estimate of drug-likeness (QED) is 0.582. The molecule has 3 heterocycles. The van der Waals surface area contributed by atoms with Crippen LogP contribution < -0.4 is 20.4 Å². The topological polar surface area (TPSA) is 55.8 Å². The van der Waals surface area contributed by atoms with Crippen molar-refractivity contribution < 1.29 is 8.78 Å². The molecule has 2 N–H and O–H groups in total. The zero-order valence-electron chi connectivity index (χ0n) is 17.2. The number of nitrogens with one attached hydrogen (secondary N) is 2. The first kappa shape index (κ1) is 20.4. The Morgan fingerprint density at radius 2 is 1.87 bits per heavy atom. The van der Waals surface area contributed by atoms with Crippen molar-refractivity contribution in [2.75, 3.05) is 43.0 Å². The van der Waals surface area contributed by atoms with Crippen LogP contribution in [-0.4, -0.2) is 50.2 Å². The summed E-state index contributed by atoms with van der Waals surface area (Å²) in [5.41, 5.74) is 1.12. The van der Waals surface area contributed by atoms with Crippen molar-refractivity contribution in [1.29, 1.82) is 0 Å². The number of halogens is 2. The largest absolute Gasteiger partial charge is 0.365 e. The van der Waals surface area contributed by atoms with Gasteiger partial charge in [0, 0.05) is 52.0 Å². The van der Waals surface area contributed by atoms with Gasteiger partial charge in [0.1, 0.15) is 23.1 Å². The maximum Gasteiger partial charge on any atom is 0.191 e. The van der Waals surface area contributed by atoms with E-state index in [9.17, 15) is 8.78 Å². The van der Waals surface area contributed by atoms with E-state index in [2.05, 4.69) is 37.6 Å². The van der Waals surface area contributed by atoms with E-state index in [-0.39, 0.29) is 11.7 Å². The van der Waals surface area contributed by atoms with Crippen molar-refractivity contribution in [2.45, 2.75) is 31.8 Å². The first-order valence-corrected chi connectivity index (χ1v) is 10.5. The number of anilines is 2. The number of aromatic nitrogens is 1. The number of hydrogen-bond acceptors (Lipinski definition) is 4. The Morgan fingerprint density at radius 1 is 1.10 bits per heavy atom. The second-order valence-corrected chi connectivity index (χ2v) is 7.79. The third-order valence-corrected chi connectivity index (χ3v) is 5.71. The summed E-state index contributed by atoms with van der Waals surface area (Å²) in [6.45, 7) is 3.87. The molecule has 160 valence electrons. The van der Waals surface area contributed by atoms with Crippen LogP contribution in [0.25, 0.3) is 0 Å². The van der Waals surface area contributed by atoms with E-state index < -0.39 is 11.6 Å². The Morgan fingerprint density at radius 3 is 2.53 bits per heavy atom. The molecule has 0 bridgehead atoms. The van der Waals surface area contributed by atoms with E-state index in [0.717, 1.165) is 30.9 Å². The third-order valence-electron chi connectivity index (χ3n) is 5.71. The van der Waals surface area contributed by atoms with Crippen LogP contribution in [-0.2, 0) is 6.54 Å². The summed E-state index contributed by atoms with van der Waals surface area (Å²) in [5, 5.41) is 6.65. The van der Waals surface area contributed by atoms with Crippen LogP contribution in [0.1, 0.15) is 24.8 Å². The summed E-state index contributed by atoms with van der Waals surface area (Å²) in [5.74, 6) is 0.649. The lowest BCUT2D eigenvalue weighted by atomic mass is 10.2. The van der Waals surface area contributed by atoms with Crippen molar-refractivity contribution >= 4 is 17.5 Å². The number of para-hydroxylation sites is 1. The highest BCUT2D eigenvalue weighted by molar-refractivity contribution is 5.80. The minimum Gasteiger partial charge on any atom is -0.365 e. The molecule has 2 aliphatic heterocycles.